The predicted molar refractivity (Wildman–Crippen MR) is 129 cm³/mol. The third-order valence-electron chi connectivity index (χ3n) is 5.21. The SMILES string of the molecule is C=CCn1c(=O)n(CC=C)c(=O)n(CCCP(=O)(c2ccccc2)c2ccccc2)c1=O. The second kappa shape index (κ2) is 10.2. The highest BCUT2D eigenvalue weighted by molar-refractivity contribution is 7.78. The lowest BCUT2D eigenvalue weighted by atomic mass is 10.4. The van der Waals surface area contributed by atoms with E-state index < -0.39 is 24.2 Å². The van der Waals surface area contributed by atoms with E-state index in [9.17, 15) is 18.9 Å². The molecule has 0 radical (unpaired) electrons. The Morgan fingerprint density at radius 2 is 1.09 bits per heavy atom. The summed E-state index contributed by atoms with van der Waals surface area (Å²) in [5, 5.41) is 1.44. The van der Waals surface area contributed by atoms with Crippen molar-refractivity contribution in [3.05, 3.63) is 117 Å². The molecule has 3 rings (SSSR count). The van der Waals surface area contributed by atoms with Crippen LogP contribution < -0.4 is 27.7 Å². The zero-order valence-corrected chi connectivity index (χ0v) is 18.7. The number of allylic oxidation sites excluding steroid dienone is 2. The van der Waals surface area contributed by atoms with Crippen LogP contribution in [0.2, 0.25) is 0 Å². The fraction of sp³-hybridized carbons (Fsp3) is 0.208. The molecule has 0 saturated carbocycles. The average molecular weight is 451 g/mol. The van der Waals surface area contributed by atoms with Crippen LogP contribution in [-0.4, -0.2) is 19.9 Å². The molecule has 32 heavy (non-hydrogen) atoms. The maximum atomic E-state index is 14.1. The van der Waals surface area contributed by atoms with Gasteiger partial charge >= 0.3 is 17.1 Å². The first-order chi connectivity index (χ1) is 15.4. The first-order valence-corrected chi connectivity index (χ1v) is 12.2. The van der Waals surface area contributed by atoms with Gasteiger partial charge < -0.3 is 4.57 Å². The molecule has 0 fully saturated rings. The van der Waals surface area contributed by atoms with Crippen molar-refractivity contribution in [1.29, 1.82) is 0 Å². The summed E-state index contributed by atoms with van der Waals surface area (Å²) >= 11 is 0. The van der Waals surface area contributed by atoms with Crippen molar-refractivity contribution in [2.75, 3.05) is 6.16 Å². The van der Waals surface area contributed by atoms with Crippen LogP contribution in [-0.2, 0) is 24.2 Å². The van der Waals surface area contributed by atoms with Gasteiger partial charge in [0.25, 0.3) is 0 Å². The molecule has 2 aromatic carbocycles. The summed E-state index contributed by atoms with van der Waals surface area (Å²) < 4.78 is 17.1. The summed E-state index contributed by atoms with van der Waals surface area (Å²) in [4.78, 5) is 38.2. The predicted octanol–water partition coefficient (Wildman–Crippen LogP) is 1.95. The van der Waals surface area contributed by atoms with Crippen LogP contribution in [0.3, 0.4) is 0 Å². The molecule has 0 bridgehead atoms. The molecule has 1 heterocycles. The lowest BCUT2D eigenvalue weighted by Gasteiger charge is -2.20. The Balaban J connectivity index is 1.98. The van der Waals surface area contributed by atoms with Crippen molar-refractivity contribution in [1.82, 2.24) is 13.7 Å². The average Bonchev–Trinajstić information content (AvgIpc) is 2.82. The second-order valence-electron chi connectivity index (χ2n) is 7.29. The quantitative estimate of drug-likeness (QED) is 0.349. The fourth-order valence-corrected chi connectivity index (χ4v) is 6.35. The zero-order valence-electron chi connectivity index (χ0n) is 17.8. The molecule has 0 aliphatic heterocycles. The number of benzene rings is 2. The molecule has 0 spiro atoms. The molecule has 1 aromatic heterocycles. The number of hydrogen-bond acceptors (Lipinski definition) is 4. The van der Waals surface area contributed by atoms with Crippen LogP contribution in [0.25, 0.3) is 0 Å². The van der Waals surface area contributed by atoms with E-state index in [1.807, 2.05) is 60.7 Å². The lowest BCUT2D eigenvalue weighted by Crippen LogP contribution is -2.54. The van der Waals surface area contributed by atoms with Crippen molar-refractivity contribution >= 4 is 17.8 Å². The molecule has 0 aliphatic carbocycles. The summed E-state index contributed by atoms with van der Waals surface area (Å²) in [6.45, 7) is 7.16. The number of hydrogen-bond donors (Lipinski definition) is 0. The lowest BCUT2D eigenvalue weighted by molar-refractivity contribution is 0.475. The molecule has 0 aliphatic rings. The molecule has 3 aromatic rings. The fourth-order valence-electron chi connectivity index (χ4n) is 3.64. The van der Waals surface area contributed by atoms with Gasteiger partial charge in [0.1, 0.15) is 7.14 Å². The van der Waals surface area contributed by atoms with E-state index in [2.05, 4.69) is 13.2 Å². The maximum Gasteiger partial charge on any atom is 0.336 e. The highest BCUT2D eigenvalue weighted by atomic mass is 31.2. The molecule has 0 atom stereocenters. The van der Waals surface area contributed by atoms with E-state index in [1.165, 1.54) is 12.2 Å². The highest BCUT2D eigenvalue weighted by Gasteiger charge is 2.27. The van der Waals surface area contributed by atoms with Crippen molar-refractivity contribution in [3.8, 4) is 0 Å². The molecule has 0 unspecified atom stereocenters. The minimum Gasteiger partial charge on any atom is -0.314 e. The van der Waals surface area contributed by atoms with E-state index in [1.54, 1.807) is 0 Å². The third-order valence-corrected chi connectivity index (χ3v) is 8.42. The molecule has 8 heteroatoms. The Hall–Kier alpha value is -3.44. The summed E-state index contributed by atoms with van der Waals surface area (Å²) in [5.41, 5.74) is -2.10. The second-order valence-corrected chi connectivity index (χ2v) is 10.2. The van der Waals surface area contributed by atoms with Gasteiger partial charge in [-0.25, -0.2) is 28.1 Å². The zero-order chi connectivity index (χ0) is 23.1. The van der Waals surface area contributed by atoms with Gasteiger partial charge in [0, 0.05) is 23.3 Å². The van der Waals surface area contributed by atoms with Gasteiger partial charge in [-0.05, 0) is 6.42 Å². The Kier molecular flexibility index (Phi) is 7.44. The van der Waals surface area contributed by atoms with Gasteiger partial charge in [-0.1, -0.05) is 72.8 Å². The summed E-state index contributed by atoms with van der Waals surface area (Å²) in [6, 6.07) is 18.4. The maximum absolute atomic E-state index is 14.1. The van der Waals surface area contributed by atoms with Crippen LogP contribution in [0.1, 0.15) is 6.42 Å². The normalized spacial score (nSPS) is 11.2. The van der Waals surface area contributed by atoms with Crippen molar-refractivity contribution in [2.45, 2.75) is 26.1 Å². The van der Waals surface area contributed by atoms with Crippen LogP contribution in [0.4, 0.5) is 0 Å². The van der Waals surface area contributed by atoms with Gasteiger partial charge in [-0.15, -0.1) is 13.2 Å². The van der Waals surface area contributed by atoms with E-state index in [4.69, 9.17) is 0 Å². The molecular formula is C24H26N3O4P. The van der Waals surface area contributed by atoms with E-state index in [0.717, 1.165) is 24.3 Å². The third kappa shape index (κ3) is 4.58. The van der Waals surface area contributed by atoms with Crippen LogP contribution in [0.5, 0.6) is 0 Å². The molecule has 0 amide bonds. The van der Waals surface area contributed by atoms with Crippen LogP contribution in [0, 0.1) is 0 Å². The van der Waals surface area contributed by atoms with Crippen molar-refractivity contribution < 1.29 is 4.57 Å². The highest BCUT2D eigenvalue weighted by Crippen LogP contribution is 2.43. The molecule has 7 nitrogen and oxygen atoms in total. The minimum absolute atomic E-state index is 0.0123. The monoisotopic (exact) mass is 451 g/mol. The van der Waals surface area contributed by atoms with Gasteiger partial charge in [0.05, 0.1) is 13.1 Å². The summed E-state index contributed by atoms with van der Waals surface area (Å²) in [6.07, 6.45) is 3.44. The standard InChI is InChI=1S/C24H26N3O4P/c1-3-16-25-22(28)26(17-4-2)24(30)27(23(25)29)18-11-19-32(31,20-12-7-5-8-13-20)21-14-9-6-10-15-21/h3-10,12-15H,1-2,11,16-19H2. The van der Waals surface area contributed by atoms with Gasteiger partial charge in [0.2, 0.25) is 0 Å². The van der Waals surface area contributed by atoms with E-state index in [0.29, 0.717) is 6.42 Å². The molecule has 0 N–H and O–H groups in total. The Bertz CT molecular complexity index is 1230. The topological polar surface area (TPSA) is 83.1 Å². The number of rotatable bonds is 10. The smallest absolute Gasteiger partial charge is 0.314 e. The summed E-state index contributed by atoms with van der Waals surface area (Å²) in [7, 11) is -2.98. The van der Waals surface area contributed by atoms with E-state index in [-0.39, 0.29) is 25.8 Å². The first kappa shape index (κ1) is 23.2. The Morgan fingerprint density at radius 3 is 1.50 bits per heavy atom. The number of aromatic nitrogens is 3. The van der Waals surface area contributed by atoms with Crippen molar-refractivity contribution in [3.63, 3.8) is 0 Å². The van der Waals surface area contributed by atoms with Gasteiger partial charge in [0.15, 0.2) is 0 Å². The minimum atomic E-state index is -2.98. The summed E-state index contributed by atoms with van der Waals surface area (Å²) in [5.74, 6) is 0. The Labute approximate surface area is 186 Å². The molecular weight excluding hydrogens is 425 g/mol. The largest absolute Gasteiger partial charge is 0.336 e. The number of nitrogens with zero attached hydrogens (tertiary/aromatic N) is 3. The van der Waals surface area contributed by atoms with Crippen LogP contribution >= 0.6 is 7.14 Å². The molecule has 0 saturated heterocycles. The molecule has 166 valence electrons. The van der Waals surface area contributed by atoms with Crippen molar-refractivity contribution in [2.24, 2.45) is 0 Å². The van der Waals surface area contributed by atoms with E-state index >= 15 is 0 Å². The first-order valence-electron chi connectivity index (χ1n) is 10.3. The van der Waals surface area contributed by atoms with Gasteiger partial charge in [-0.2, -0.15) is 0 Å². The van der Waals surface area contributed by atoms with Crippen LogP contribution in [0.15, 0.2) is 100 Å². The Morgan fingerprint density at radius 1 is 0.688 bits per heavy atom. The van der Waals surface area contributed by atoms with Gasteiger partial charge in [-0.3, -0.25) is 0 Å².